The fraction of sp³-hybridized carbons (Fsp3) is 0.560. The molecule has 5 N–H and O–H groups in total. The lowest BCUT2D eigenvalue weighted by molar-refractivity contribution is -0.00231. The van der Waals surface area contributed by atoms with Gasteiger partial charge in [-0.2, -0.15) is 5.10 Å². The van der Waals surface area contributed by atoms with Gasteiger partial charge in [0, 0.05) is 12.5 Å². The van der Waals surface area contributed by atoms with E-state index in [4.69, 9.17) is 16.2 Å². The van der Waals surface area contributed by atoms with Gasteiger partial charge >= 0.3 is 6.09 Å². The third-order valence-electron chi connectivity index (χ3n) is 5.68. The minimum absolute atomic E-state index is 0.211. The predicted molar refractivity (Wildman–Crippen MR) is 131 cm³/mol. The number of nitrogen functional groups attached to an aromatic ring is 1. The number of rotatable bonds is 1. The predicted octanol–water partition coefficient (Wildman–Crippen LogP) is 4.55. The van der Waals surface area contributed by atoms with E-state index in [1.54, 1.807) is 38.8 Å². The first kappa shape index (κ1) is 28.1. The maximum absolute atomic E-state index is 13.0. The van der Waals surface area contributed by atoms with Gasteiger partial charge in [-0.25, -0.2) is 13.6 Å². The molecule has 4 rings (SSSR count). The molecule has 1 saturated heterocycles. The van der Waals surface area contributed by atoms with Gasteiger partial charge in [-0.05, 0) is 64.0 Å². The molecule has 2 amide bonds. The molecule has 1 aliphatic carbocycles. The van der Waals surface area contributed by atoms with Crippen LogP contribution >= 0.6 is 0 Å². The van der Waals surface area contributed by atoms with E-state index in [2.05, 4.69) is 41.4 Å². The number of carbonyl (C=O) groups is 2. The fourth-order valence-electron chi connectivity index (χ4n) is 3.95. The number of primary amides is 1. The van der Waals surface area contributed by atoms with Gasteiger partial charge in [0.05, 0.1) is 12.7 Å². The van der Waals surface area contributed by atoms with E-state index in [0.29, 0.717) is 0 Å². The Labute approximate surface area is 205 Å². The number of aryl methyl sites for hydroxylation is 1. The number of hydrogen-bond acceptors (Lipinski definition) is 5. The second kappa shape index (κ2) is 11.5. The Kier molecular flexibility index (Phi) is 9.23. The fourth-order valence-corrected chi connectivity index (χ4v) is 3.95. The van der Waals surface area contributed by atoms with Gasteiger partial charge in [0.1, 0.15) is 17.0 Å². The topological polar surface area (TPSA) is 127 Å². The molecular weight excluding hydrogens is 456 g/mol. The number of fused-ring (bicyclic) bond motifs is 1. The molecule has 2 aliphatic rings. The van der Waals surface area contributed by atoms with Crippen LogP contribution in [0, 0.1) is 5.92 Å². The number of nitrogens with two attached hydrogens (primary N) is 2. The second-order valence-corrected chi connectivity index (χ2v) is 10.2. The normalized spacial score (nSPS) is 20.5. The number of benzene rings is 1. The molecule has 10 heteroatoms. The molecule has 0 saturated carbocycles. The van der Waals surface area contributed by atoms with Crippen molar-refractivity contribution in [2.24, 2.45) is 11.7 Å². The highest BCUT2D eigenvalue weighted by atomic mass is 19.3. The second-order valence-electron chi connectivity index (χ2n) is 10.2. The number of ether oxygens (including phenoxy) is 1. The number of anilines is 1. The highest BCUT2D eigenvalue weighted by Crippen LogP contribution is 2.32. The van der Waals surface area contributed by atoms with E-state index in [-0.39, 0.29) is 17.8 Å². The SMILES string of the molecule is C[C@@H]1CC(F)(F)CN1C(=O)OC(C)(C)C.C[C@@H]1CCc2ccccc2C1.NC(=O)c1cn[nH]c1N. The summed E-state index contributed by atoms with van der Waals surface area (Å²) in [6.07, 6.45) is 4.29. The van der Waals surface area contributed by atoms with Crippen LogP contribution in [0.4, 0.5) is 19.4 Å². The van der Waals surface area contributed by atoms with Crippen molar-refractivity contribution in [1.82, 2.24) is 15.1 Å². The average Bonchev–Trinajstić information content (AvgIpc) is 3.29. The lowest BCUT2D eigenvalue weighted by Gasteiger charge is -2.26. The van der Waals surface area contributed by atoms with E-state index in [1.165, 1.54) is 25.5 Å². The number of aromatic amines is 1. The number of halogens is 2. The molecule has 2 heterocycles. The molecule has 0 spiro atoms. The van der Waals surface area contributed by atoms with Crippen LogP contribution in [0.25, 0.3) is 0 Å². The van der Waals surface area contributed by atoms with Crippen molar-refractivity contribution in [3.8, 4) is 0 Å². The first-order chi connectivity index (χ1) is 16.2. The molecule has 1 aromatic carbocycles. The minimum Gasteiger partial charge on any atom is -0.444 e. The molecule has 0 bridgehead atoms. The summed E-state index contributed by atoms with van der Waals surface area (Å²) >= 11 is 0. The zero-order valence-corrected chi connectivity index (χ0v) is 21.1. The van der Waals surface area contributed by atoms with E-state index in [0.717, 1.165) is 10.8 Å². The van der Waals surface area contributed by atoms with Crippen molar-refractivity contribution < 1.29 is 23.1 Å². The molecule has 2 atom stereocenters. The Morgan fingerprint density at radius 2 is 1.83 bits per heavy atom. The molecule has 1 aromatic heterocycles. The van der Waals surface area contributed by atoms with Gasteiger partial charge in [-0.15, -0.1) is 0 Å². The molecule has 1 fully saturated rings. The Hall–Kier alpha value is -3.17. The van der Waals surface area contributed by atoms with Gasteiger partial charge in [-0.3, -0.25) is 14.8 Å². The Bertz CT molecular complexity index is 1000. The van der Waals surface area contributed by atoms with Crippen LogP contribution in [0.1, 0.15) is 68.9 Å². The Morgan fingerprint density at radius 1 is 1.20 bits per heavy atom. The Morgan fingerprint density at radius 3 is 2.29 bits per heavy atom. The van der Waals surface area contributed by atoms with Crippen LogP contribution in [-0.4, -0.2) is 51.2 Å². The number of carbonyl (C=O) groups excluding carboxylic acids is 2. The van der Waals surface area contributed by atoms with E-state index < -0.39 is 36.1 Å². The van der Waals surface area contributed by atoms with Crippen molar-refractivity contribution in [3.05, 3.63) is 47.2 Å². The quantitative estimate of drug-likeness (QED) is 0.537. The van der Waals surface area contributed by atoms with Crippen LogP contribution in [-0.2, 0) is 17.6 Å². The zero-order valence-electron chi connectivity index (χ0n) is 21.1. The molecule has 1 aliphatic heterocycles. The molecule has 8 nitrogen and oxygen atoms in total. The molecule has 0 radical (unpaired) electrons. The number of amides is 2. The van der Waals surface area contributed by atoms with Crippen LogP contribution in [0.3, 0.4) is 0 Å². The monoisotopic (exact) mass is 493 g/mol. The maximum Gasteiger partial charge on any atom is 0.410 e. The van der Waals surface area contributed by atoms with Crippen LogP contribution in [0.2, 0.25) is 0 Å². The number of alkyl halides is 2. The molecule has 2 aromatic rings. The number of hydrogen-bond donors (Lipinski definition) is 3. The van der Waals surface area contributed by atoms with E-state index in [1.807, 2.05) is 0 Å². The smallest absolute Gasteiger partial charge is 0.410 e. The van der Waals surface area contributed by atoms with Crippen LogP contribution < -0.4 is 11.5 Å². The molecule has 35 heavy (non-hydrogen) atoms. The first-order valence-electron chi connectivity index (χ1n) is 11.7. The lowest BCUT2D eigenvalue weighted by Crippen LogP contribution is -2.39. The summed E-state index contributed by atoms with van der Waals surface area (Å²) in [5.74, 6) is -2.25. The number of nitrogens with one attached hydrogen (secondary N) is 1. The standard InChI is InChI=1S/C11H14.C10H17F2NO2.C4H6N4O/c1-9-6-7-10-4-2-3-5-11(10)8-9;1-7-5-10(11,12)6-13(7)8(14)15-9(2,3)4;5-3-2(4(6)9)1-7-8-3/h2-5,9H,6-8H2,1H3;7H,5-6H2,1-4H3;1H,(H2,6,9)(H3,5,7,8)/t9-;7-;/m11./s1. The van der Waals surface area contributed by atoms with Crippen molar-refractivity contribution in [2.75, 3.05) is 12.3 Å². The lowest BCUT2D eigenvalue weighted by atomic mass is 9.85. The first-order valence-corrected chi connectivity index (χ1v) is 11.7. The minimum atomic E-state index is -2.78. The van der Waals surface area contributed by atoms with Gasteiger partial charge < -0.3 is 16.2 Å². The summed E-state index contributed by atoms with van der Waals surface area (Å²) < 4.78 is 31.0. The summed E-state index contributed by atoms with van der Waals surface area (Å²) in [5.41, 5.74) is 12.8. The summed E-state index contributed by atoms with van der Waals surface area (Å²) in [5, 5.41) is 5.87. The summed E-state index contributed by atoms with van der Waals surface area (Å²) in [4.78, 5) is 23.0. The van der Waals surface area contributed by atoms with Gasteiger partial charge in [-0.1, -0.05) is 31.2 Å². The maximum atomic E-state index is 13.0. The highest BCUT2D eigenvalue weighted by molar-refractivity contribution is 5.96. The average molecular weight is 494 g/mol. The number of aromatic nitrogens is 2. The van der Waals surface area contributed by atoms with Crippen LogP contribution in [0.5, 0.6) is 0 Å². The molecule has 194 valence electrons. The number of nitrogens with zero attached hydrogens (tertiary/aromatic N) is 2. The zero-order chi connectivity index (χ0) is 26.4. The van der Waals surface area contributed by atoms with Gasteiger partial charge in [0.2, 0.25) is 0 Å². The highest BCUT2D eigenvalue weighted by Gasteiger charge is 2.46. The van der Waals surface area contributed by atoms with Crippen molar-refractivity contribution in [3.63, 3.8) is 0 Å². The Balaban J connectivity index is 0.000000192. The summed E-state index contributed by atoms with van der Waals surface area (Å²) in [6, 6.07) is 8.37. The number of likely N-dealkylation sites (tertiary alicyclic amines) is 1. The number of H-pyrrole nitrogens is 1. The third-order valence-corrected chi connectivity index (χ3v) is 5.68. The molecule has 0 unspecified atom stereocenters. The summed E-state index contributed by atoms with van der Waals surface area (Å²) in [6.45, 7) is 8.54. The largest absolute Gasteiger partial charge is 0.444 e. The van der Waals surface area contributed by atoms with Gasteiger partial charge in [0.15, 0.2) is 0 Å². The van der Waals surface area contributed by atoms with E-state index in [9.17, 15) is 18.4 Å². The summed E-state index contributed by atoms with van der Waals surface area (Å²) in [7, 11) is 0. The van der Waals surface area contributed by atoms with Gasteiger partial charge in [0.25, 0.3) is 11.8 Å². The third kappa shape index (κ3) is 8.84. The van der Waals surface area contributed by atoms with E-state index >= 15 is 0 Å². The van der Waals surface area contributed by atoms with Crippen molar-refractivity contribution in [1.29, 1.82) is 0 Å². The van der Waals surface area contributed by atoms with Crippen LogP contribution in [0.15, 0.2) is 30.5 Å². The van der Waals surface area contributed by atoms with Crippen molar-refractivity contribution in [2.45, 2.75) is 77.9 Å². The molecular formula is C25H37F2N5O3. The van der Waals surface area contributed by atoms with Crippen molar-refractivity contribution >= 4 is 17.8 Å².